The maximum atomic E-state index is 12.8. The van der Waals surface area contributed by atoms with E-state index >= 15 is 0 Å². The first-order valence-corrected chi connectivity index (χ1v) is 10.2. The summed E-state index contributed by atoms with van der Waals surface area (Å²) in [6.07, 6.45) is -1.62. The van der Waals surface area contributed by atoms with E-state index in [1.54, 1.807) is 23.4 Å². The molecule has 0 unspecified atom stereocenters. The zero-order chi connectivity index (χ0) is 23.0. The third-order valence-corrected chi connectivity index (χ3v) is 5.46. The lowest BCUT2D eigenvalue weighted by Gasteiger charge is -2.35. The SMILES string of the molecule is O=C(Cn1cnc2ccccc21)N1CCN(c2ccc(-c3noc(C(F)(F)F)n3)cn2)CC1. The minimum atomic E-state index is -4.69. The Labute approximate surface area is 185 Å². The zero-order valence-electron chi connectivity index (χ0n) is 17.2. The Balaban J connectivity index is 1.19. The Morgan fingerprint density at radius 3 is 2.52 bits per heavy atom. The molecule has 0 aliphatic carbocycles. The fourth-order valence-corrected chi connectivity index (χ4v) is 3.73. The molecule has 4 aromatic rings. The van der Waals surface area contributed by atoms with Crippen LogP contribution in [0.2, 0.25) is 0 Å². The summed E-state index contributed by atoms with van der Waals surface area (Å²) in [4.78, 5) is 28.6. The molecule has 0 saturated carbocycles. The van der Waals surface area contributed by atoms with Gasteiger partial charge >= 0.3 is 12.1 Å². The molecule has 1 aliphatic heterocycles. The Morgan fingerprint density at radius 2 is 1.82 bits per heavy atom. The molecule has 1 amide bonds. The number of amides is 1. The van der Waals surface area contributed by atoms with E-state index < -0.39 is 12.1 Å². The number of hydrogen-bond donors (Lipinski definition) is 0. The van der Waals surface area contributed by atoms with E-state index in [0.717, 1.165) is 11.0 Å². The highest BCUT2D eigenvalue weighted by molar-refractivity contribution is 5.80. The van der Waals surface area contributed by atoms with Crippen molar-refractivity contribution < 1.29 is 22.5 Å². The number of anilines is 1. The van der Waals surface area contributed by atoms with Crippen molar-refractivity contribution in [2.75, 3.05) is 31.1 Å². The number of nitrogens with zero attached hydrogens (tertiary/aromatic N) is 7. The van der Waals surface area contributed by atoms with Crippen molar-refractivity contribution in [1.82, 2.24) is 29.6 Å². The highest BCUT2D eigenvalue weighted by Gasteiger charge is 2.38. The van der Waals surface area contributed by atoms with E-state index in [2.05, 4.69) is 24.6 Å². The third-order valence-electron chi connectivity index (χ3n) is 5.46. The number of halogens is 3. The van der Waals surface area contributed by atoms with Gasteiger partial charge in [0.25, 0.3) is 0 Å². The molecule has 1 saturated heterocycles. The molecule has 1 aliphatic rings. The number of fused-ring (bicyclic) bond motifs is 1. The molecule has 3 aromatic heterocycles. The molecule has 9 nitrogen and oxygen atoms in total. The lowest BCUT2D eigenvalue weighted by atomic mass is 10.2. The predicted octanol–water partition coefficient (Wildman–Crippen LogP) is 2.85. The van der Waals surface area contributed by atoms with Gasteiger partial charge in [0.05, 0.1) is 17.4 Å². The van der Waals surface area contributed by atoms with Gasteiger partial charge in [-0.25, -0.2) is 9.97 Å². The van der Waals surface area contributed by atoms with Crippen LogP contribution in [0.3, 0.4) is 0 Å². The van der Waals surface area contributed by atoms with Gasteiger partial charge in [0.2, 0.25) is 11.7 Å². The second-order valence-electron chi connectivity index (χ2n) is 7.55. The van der Waals surface area contributed by atoms with E-state index in [1.807, 2.05) is 33.7 Å². The second-order valence-corrected chi connectivity index (χ2v) is 7.55. The van der Waals surface area contributed by atoms with Crippen LogP contribution in [0.4, 0.5) is 19.0 Å². The van der Waals surface area contributed by atoms with Gasteiger partial charge in [-0.05, 0) is 24.3 Å². The summed E-state index contributed by atoms with van der Waals surface area (Å²) < 4.78 is 44.0. The number of para-hydroxylation sites is 2. The molecule has 0 atom stereocenters. The topological polar surface area (TPSA) is 93.2 Å². The lowest BCUT2D eigenvalue weighted by molar-refractivity contribution is -0.159. The van der Waals surface area contributed by atoms with Gasteiger partial charge in [0.1, 0.15) is 12.4 Å². The first kappa shape index (κ1) is 20.9. The molecule has 0 spiro atoms. The number of imidazole rings is 1. The van der Waals surface area contributed by atoms with Crippen molar-refractivity contribution in [2.45, 2.75) is 12.7 Å². The number of hydrogen-bond acceptors (Lipinski definition) is 7. The molecule has 5 rings (SSSR count). The number of carbonyl (C=O) groups is 1. The van der Waals surface area contributed by atoms with E-state index in [1.165, 1.54) is 6.20 Å². The fourth-order valence-electron chi connectivity index (χ4n) is 3.73. The Bertz CT molecular complexity index is 1280. The number of benzene rings is 1. The van der Waals surface area contributed by atoms with Gasteiger partial charge in [-0.15, -0.1) is 0 Å². The van der Waals surface area contributed by atoms with Crippen LogP contribution in [0.1, 0.15) is 5.89 Å². The van der Waals surface area contributed by atoms with Crippen LogP contribution in [0.25, 0.3) is 22.4 Å². The van der Waals surface area contributed by atoms with Crippen LogP contribution < -0.4 is 4.90 Å². The number of piperazine rings is 1. The van der Waals surface area contributed by atoms with Gasteiger partial charge in [0, 0.05) is 37.9 Å². The third kappa shape index (κ3) is 4.23. The number of rotatable bonds is 4. The van der Waals surface area contributed by atoms with Crippen molar-refractivity contribution in [2.24, 2.45) is 0 Å². The monoisotopic (exact) mass is 457 g/mol. The summed E-state index contributed by atoms with van der Waals surface area (Å²) in [6, 6.07) is 10.9. The molecular weight excluding hydrogens is 439 g/mol. The summed E-state index contributed by atoms with van der Waals surface area (Å²) in [5.41, 5.74) is 2.08. The Morgan fingerprint density at radius 1 is 1.03 bits per heavy atom. The summed E-state index contributed by atoms with van der Waals surface area (Å²) in [6.45, 7) is 2.47. The molecule has 1 fully saturated rings. The molecule has 0 radical (unpaired) electrons. The molecule has 170 valence electrons. The van der Waals surface area contributed by atoms with E-state index in [0.29, 0.717) is 37.6 Å². The minimum absolute atomic E-state index is 0.0127. The van der Waals surface area contributed by atoms with Crippen LogP contribution in [0.5, 0.6) is 0 Å². The summed E-state index contributed by atoms with van der Waals surface area (Å²) in [5, 5.41) is 3.36. The first-order valence-electron chi connectivity index (χ1n) is 10.2. The minimum Gasteiger partial charge on any atom is -0.353 e. The molecule has 0 bridgehead atoms. The summed E-state index contributed by atoms with van der Waals surface area (Å²) >= 11 is 0. The smallest absolute Gasteiger partial charge is 0.353 e. The quantitative estimate of drug-likeness (QED) is 0.465. The summed E-state index contributed by atoms with van der Waals surface area (Å²) in [5.74, 6) is -0.903. The average molecular weight is 457 g/mol. The van der Waals surface area contributed by atoms with Crippen molar-refractivity contribution in [1.29, 1.82) is 0 Å². The Kier molecular flexibility index (Phi) is 5.19. The number of carbonyl (C=O) groups excluding carboxylic acids is 1. The molecule has 0 N–H and O–H groups in total. The zero-order valence-corrected chi connectivity index (χ0v) is 17.2. The van der Waals surface area contributed by atoms with Gasteiger partial charge in [-0.1, -0.05) is 17.3 Å². The van der Waals surface area contributed by atoms with Crippen molar-refractivity contribution in [3.63, 3.8) is 0 Å². The summed E-state index contributed by atoms with van der Waals surface area (Å²) in [7, 11) is 0. The van der Waals surface area contributed by atoms with E-state index in [-0.39, 0.29) is 18.3 Å². The van der Waals surface area contributed by atoms with Crippen molar-refractivity contribution in [3.05, 3.63) is 54.8 Å². The van der Waals surface area contributed by atoms with Crippen LogP contribution in [0.15, 0.2) is 53.4 Å². The average Bonchev–Trinajstić information content (AvgIpc) is 3.48. The standard InChI is InChI=1S/C21H18F3N7O2/c22-21(23,24)20-27-19(28-33-20)14-5-6-17(25-11-14)29-7-9-30(10-8-29)18(32)12-31-13-26-15-3-1-2-4-16(15)31/h1-6,11,13H,7-10,12H2. The van der Waals surface area contributed by atoms with E-state index in [9.17, 15) is 18.0 Å². The lowest BCUT2D eigenvalue weighted by Crippen LogP contribution is -2.49. The van der Waals surface area contributed by atoms with Crippen molar-refractivity contribution >= 4 is 22.8 Å². The number of aromatic nitrogens is 5. The van der Waals surface area contributed by atoms with Gasteiger partial charge in [-0.2, -0.15) is 18.2 Å². The molecular formula is C21H18F3N7O2. The normalized spacial score (nSPS) is 14.8. The van der Waals surface area contributed by atoms with Gasteiger partial charge in [-0.3, -0.25) is 4.79 Å². The van der Waals surface area contributed by atoms with Crippen LogP contribution in [-0.4, -0.2) is 61.7 Å². The fraction of sp³-hybridized carbons (Fsp3) is 0.286. The van der Waals surface area contributed by atoms with Crippen LogP contribution in [-0.2, 0) is 17.5 Å². The predicted molar refractivity (Wildman–Crippen MR) is 111 cm³/mol. The molecule has 1 aromatic carbocycles. The Hall–Kier alpha value is -3.96. The van der Waals surface area contributed by atoms with Crippen LogP contribution in [0, 0.1) is 0 Å². The van der Waals surface area contributed by atoms with Crippen LogP contribution >= 0.6 is 0 Å². The van der Waals surface area contributed by atoms with E-state index in [4.69, 9.17) is 0 Å². The molecule has 4 heterocycles. The highest BCUT2D eigenvalue weighted by atomic mass is 19.4. The maximum Gasteiger partial charge on any atom is 0.471 e. The second kappa shape index (κ2) is 8.19. The number of alkyl halides is 3. The van der Waals surface area contributed by atoms with Gasteiger partial charge < -0.3 is 18.9 Å². The first-order chi connectivity index (χ1) is 15.9. The maximum absolute atomic E-state index is 12.8. The largest absolute Gasteiger partial charge is 0.471 e. The molecule has 12 heteroatoms. The van der Waals surface area contributed by atoms with Gasteiger partial charge in [0.15, 0.2) is 0 Å². The number of pyridine rings is 1. The van der Waals surface area contributed by atoms with Crippen molar-refractivity contribution in [3.8, 4) is 11.4 Å². The highest BCUT2D eigenvalue weighted by Crippen LogP contribution is 2.29. The molecule has 33 heavy (non-hydrogen) atoms.